The van der Waals surface area contributed by atoms with Gasteiger partial charge in [0.05, 0.1) is 6.04 Å². The highest BCUT2D eigenvalue weighted by atomic mass is 16.2. The summed E-state index contributed by atoms with van der Waals surface area (Å²) in [4.78, 5) is 22.4. The van der Waals surface area contributed by atoms with Gasteiger partial charge < -0.3 is 5.32 Å². The molecule has 1 saturated heterocycles. The van der Waals surface area contributed by atoms with Crippen LogP contribution in [-0.4, -0.2) is 24.4 Å². The van der Waals surface area contributed by atoms with Gasteiger partial charge in [0.2, 0.25) is 11.8 Å². The number of hydrogen-bond donors (Lipinski definition) is 2. The molecule has 0 saturated carbocycles. The molecule has 1 fully saturated rings. The van der Waals surface area contributed by atoms with Gasteiger partial charge in [-0.15, -0.1) is 0 Å². The maximum atomic E-state index is 11.4. The molecule has 2 amide bonds. The zero-order chi connectivity index (χ0) is 11.4. The Balaban J connectivity index is 1.81. The van der Waals surface area contributed by atoms with Crippen LogP contribution in [0.3, 0.4) is 0 Å². The van der Waals surface area contributed by atoms with Crippen LogP contribution in [0.5, 0.6) is 0 Å². The first-order valence-corrected chi connectivity index (χ1v) is 5.68. The molecule has 0 radical (unpaired) electrons. The lowest BCUT2D eigenvalue weighted by atomic mass is 10.0. The highest BCUT2D eigenvalue weighted by Crippen LogP contribution is 2.10. The molecule has 4 heteroatoms. The molecule has 2 N–H and O–H groups in total. The Hall–Kier alpha value is -1.42. The molecule has 1 aliphatic heterocycles. The number of hydrogen-bond acceptors (Lipinski definition) is 3. The van der Waals surface area contributed by atoms with E-state index in [2.05, 4.69) is 28.9 Å². The summed E-state index contributed by atoms with van der Waals surface area (Å²) in [6, 6.07) is -0.228. The third-order valence-electron chi connectivity index (χ3n) is 2.86. The van der Waals surface area contributed by atoms with Gasteiger partial charge in [-0.1, -0.05) is 18.2 Å². The molecule has 0 aromatic carbocycles. The van der Waals surface area contributed by atoms with E-state index in [0.29, 0.717) is 19.4 Å². The number of carbonyl (C=O) groups is 2. The highest BCUT2D eigenvalue weighted by molar-refractivity contribution is 6.00. The lowest BCUT2D eigenvalue weighted by Gasteiger charge is -2.22. The van der Waals surface area contributed by atoms with Crippen LogP contribution in [0.25, 0.3) is 0 Å². The van der Waals surface area contributed by atoms with Crippen LogP contribution >= 0.6 is 0 Å². The molecular formula is C12H16N2O2. The van der Waals surface area contributed by atoms with Crippen LogP contribution < -0.4 is 10.6 Å². The first-order chi connectivity index (χ1) is 7.75. The maximum absolute atomic E-state index is 11.4. The minimum Gasteiger partial charge on any atom is -0.302 e. The molecule has 4 nitrogen and oxygen atoms in total. The van der Waals surface area contributed by atoms with Crippen LogP contribution in [0, 0.1) is 0 Å². The Morgan fingerprint density at radius 2 is 2.25 bits per heavy atom. The van der Waals surface area contributed by atoms with Gasteiger partial charge in [-0.25, -0.2) is 0 Å². The van der Waals surface area contributed by atoms with Crippen LogP contribution in [0.1, 0.15) is 25.7 Å². The van der Waals surface area contributed by atoms with Crippen molar-refractivity contribution in [3.05, 3.63) is 23.8 Å². The third kappa shape index (κ3) is 2.79. The van der Waals surface area contributed by atoms with E-state index >= 15 is 0 Å². The van der Waals surface area contributed by atoms with Gasteiger partial charge in [0.1, 0.15) is 0 Å². The number of nitrogens with one attached hydrogen (secondary N) is 2. The Kier molecular flexibility index (Phi) is 3.51. The van der Waals surface area contributed by atoms with E-state index in [1.54, 1.807) is 0 Å². The van der Waals surface area contributed by atoms with Crippen molar-refractivity contribution in [2.75, 3.05) is 6.54 Å². The number of piperidine rings is 1. The summed E-state index contributed by atoms with van der Waals surface area (Å²) in [5.74, 6) is -0.364. The molecule has 16 heavy (non-hydrogen) atoms. The van der Waals surface area contributed by atoms with E-state index in [1.807, 2.05) is 0 Å². The van der Waals surface area contributed by atoms with Crippen molar-refractivity contribution in [2.45, 2.75) is 31.7 Å². The molecular weight excluding hydrogens is 204 g/mol. The van der Waals surface area contributed by atoms with Crippen LogP contribution in [0.2, 0.25) is 0 Å². The highest BCUT2D eigenvalue weighted by Gasteiger charge is 2.25. The first kappa shape index (κ1) is 11.1. The van der Waals surface area contributed by atoms with Crippen molar-refractivity contribution in [3.63, 3.8) is 0 Å². The van der Waals surface area contributed by atoms with Gasteiger partial charge >= 0.3 is 0 Å². The van der Waals surface area contributed by atoms with Gasteiger partial charge in [0.15, 0.2) is 0 Å². The molecule has 0 aromatic rings. The van der Waals surface area contributed by atoms with Crippen molar-refractivity contribution >= 4 is 11.8 Å². The molecule has 86 valence electrons. The number of rotatable bonds is 3. The van der Waals surface area contributed by atoms with Crippen LogP contribution in [-0.2, 0) is 9.59 Å². The first-order valence-electron chi connectivity index (χ1n) is 5.68. The monoisotopic (exact) mass is 220 g/mol. The minimum absolute atomic E-state index is 0.167. The Morgan fingerprint density at radius 3 is 2.94 bits per heavy atom. The van der Waals surface area contributed by atoms with Crippen molar-refractivity contribution in [1.82, 2.24) is 10.6 Å². The summed E-state index contributed by atoms with van der Waals surface area (Å²) in [5.41, 5.74) is 1.22. The minimum atomic E-state index is -0.228. The molecule has 0 aromatic heterocycles. The molecule has 0 bridgehead atoms. The second-order valence-electron chi connectivity index (χ2n) is 4.14. The summed E-state index contributed by atoms with van der Waals surface area (Å²) in [5, 5.41) is 5.52. The van der Waals surface area contributed by atoms with E-state index in [4.69, 9.17) is 0 Å². The predicted octanol–water partition coefficient (Wildman–Crippen LogP) is 0.658. The fraction of sp³-hybridized carbons (Fsp3) is 0.500. The average molecular weight is 220 g/mol. The lowest BCUT2D eigenvalue weighted by molar-refractivity contribution is -0.134. The quantitative estimate of drug-likeness (QED) is 0.687. The fourth-order valence-electron chi connectivity index (χ4n) is 1.93. The average Bonchev–Trinajstić information content (AvgIpc) is 2.29. The molecule has 1 atom stereocenters. The second kappa shape index (κ2) is 5.07. The molecule has 1 aliphatic carbocycles. The van der Waals surface area contributed by atoms with E-state index < -0.39 is 0 Å². The third-order valence-corrected chi connectivity index (χ3v) is 2.86. The van der Waals surface area contributed by atoms with Crippen molar-refractivity contribution in [1.29, 1.82) is 0 Å². The molecule has 2 aliphatic rings. The number of imide groups is 1. The molecule has 0 spiro atoms. The lowest BCUT2D eigenvalue weighted by Crippen LogP contribution is -2.51. The smallest absolute Gasteiger partial charge is 0.243 e. The standard InChI is InChI=1S/C12H16N2O2/c15-11-7-6-10(12(16)14-11)13-8-9-4-2-1-3-5-9/h2,4-5,10,13H,1,3,6-8H2,(H,14,15,16). The van der Waals surface area contributed by atoms with Gasteiger partial charge in [-0.2, -0.15) is 0 Å². The van der Waals surface area contributed by atoms with Gasteiger partial charge in [-0.05, 0) is 24.8 Å². The molecule has 1 heterocycles. The second-order valence-corrected chi connectivity index (χ2v) is 4.14. The SMILES string of the molecule is O=C1CCC(NCC2=CCCC=C2)C(=O)N1. The zero-order valence-corrected chi connectivity index (χ0v) is 9.16. The number of amides is 2. The zero-order valence-electron chi connectivity index (χ0n) is 9.16. The number of allylic oxidation sites excluding steroid dienone is 2. The van der Waals surface area contributed by atoms with Gasteiger partial charge in [0.25, 0.3) is 0 Å². The summed E-state index contributed by atoms with van der Waals surface area (Å²) >= 11 is 0. The predicted molar refractivity (Wildman–Crippen MR) is 60.6 cm³/mol. The topological polar surface area (TPSA) is 58.2 Å². The van der Waals surface area contributed by atoms with E-state index in [9.17, 15) is 9.59 Å². The van der Waals surface area contributed by atoms with Crippen molar-refractivity contribution in [3.8, 4) is 0 Å². The van der Waals surface area contributed by atoms with Crippen LogP contribution in [0.4, 0.5) is 0 Å². The molecule has 1 unspecified atom stereocenters. The molecule has 2 rings (SSSR count). The Bertz CT molecular complexity index is 358. The summed E-state index contributed by atoms with van der Waals surface area (Å²) in [6.45, 7) is 0.697. The van der Waals surface area contributed by atoms with Crippen molar-refractivity contribution < 1.29 is 9.59 Å². The summed E-state index contributed by atoms with van der Waals surface area (Å²) in [7, 11) is 0. The van der Waals surface area contributed by atoms with Gasteiger partial charge in [-0.3, -0.25) is 14.9 Å². The Morgan fingerprint density at radius 1 is 1.38 bits per heavy atom. The van der Waals surface area contributed by atoms with E-state index in [-0.39, 0.29) is 17.9 Å². The van der Waals surface area contributed by atoms with Crippen molar-refractivity contribution in [2.24, 2.45) is 0 Å². The van der Waals surface area contributed by atoms with Gasteiger partial charge in [0, 0.05) is 13.0 Å². The largest absolute Gasteiger partial charge is 0.302 e. The number of carbonyl (C=O) groups excluding carboxylic acids is 2. The summed E-state index contributed by atoms with van der Waals surface area (Å²) in [6.07, 6.45) is 9.60. The van der Waals surface area contributed by atoms with E-state index in [0.717, 1.165) is 12.8 Å². The summed E-state index contributed by atoms with van der Waals surface area (Å²) < 4.78 is 0. The fourth-order valence-corrected chi connectivity index (χ4v) is 1.93. The van der Waals surface area contributed by atoms with Crippen LogP contribution in [0.15, 0.2) is 23.8 Å². The maximum Gasteiger partial charge on any atom is 0.243 e. The normalized spacial score (nSPS) is 25.2. The Labute approximate surface area is 94.8 Å². The van der Waals surface area contributed by atoms with E-state index in [1.165, 1.54) is 5.57 Å².